The molecular weight excluding hydrogens is 351 g/mol. The molecule has 0 saturated carbocycles. The average Bonchev–Trinajstić information content (AvgIpc) is 2.46. The molecular formula is C13H10F7NO3. The molecule has 134 valence electrons. The highest BCUT2D eigenvalue weighted by Gasteiger charge is 2.76. The van der Waals surface area contributed by atoms with Crippen molar-refractivity contribution in [3.63, 3.8) is 0 Å². The van der Waals surface area contributed by atoms with Crippen LogP contribution in [0.15, 0.2) is 24.3 Å². The van der Waals surface area contributed by atoms with Crippen LogP contribution >= 0.6 is 0 Å². The monoisotopic (exact) mass is 361 g/mol. The van der Waals surface area contributed by atoms with Gasteiger partial charge < -0.3 is 10.1 Å². The van der Waals surface area contributed by atoms with Gasteiger partial charge in [0.05, 0.1) is 12.2 Å². The maximum absolute atomic E-state index is 13.1. The number of rotatable bonds is 5. The Hall–Kier alpha value is -2.33. The number of halogens is 7. The van der Waals surface area contributed by atoms with Gasteiger partial charge in [0, 0.05) is 5.69 Å². The molecule has 0 bridgehead atoms. The summed E-state index contributed by atoms with van der Waals surface area (Å²) in [4.78, 5) is 22.4. The van der Waals surface area contributed by atoms with Crippen LogP contribution in [-0.4, -0.2) is 36.5 Å². The Balaban J connectivity index is 2.93. The van der Waals surface area contributed by atoms with Crippen molar-refractivity contribution in [2.45, 2.75) is 24.9 Å². The maximum atomic E-state index is 13.1. The molecule has 0 aliphatic carbocycles. The van der Waals surface area contributed by atoms with Gasteiger partial charge in [0.25, 0.3) is 0 Å². The van der Waals surface area contributed by atoms with E-state index >= 15 is 0 Å². The minimum absolute atomic E-state index is 0.0396. The number of carbonyl (C=O) groups excluding carboxylic acids is 2. The predicted molar refractivity (Wildman–Crippen MR) is 67.0 cm³/mol. The van der Waals surface area contributed by atoms with Crippen LogP contribution < -0.4 is 5.32 Å². The number of hydrogen-bond acceptors (Lipinski definition) is 3. The Labute approximate surface area is 130 Å². The fourth-order valence-corrected chi connectivity index (χ4v) is 1.43. The molecule has 0 unspecified atom stereocenters. The van der Waals surface area contributed by atoms with E-state index in [0.29, 0.717) is 0 Å². The van der Waals surface area contributed by atoms with E-state index in [2.05, 4.69) is 4.74 Å². The van der Waals surface area contributed by atoms with Gasteiger partial charge in [-0.3, -0.25) is 4.79 Å². The van der Waals surface area contributed by atoms with Crippen LogP contribution in [0.25, 0.3) is 0 Å². The number of amides is 1. The zero-order valence-corrected chi connectivity index (χ0v) is 11.9. The van der Waals surface area contributed by atoms with E-state index < -0.39 is 35.6 Å². The number of esters is 1. The summed E-state index contributed by atoms with van der Waals surface area (Å²) < 4.78 is 92.3. The predicted octanol–water partition coefficient (Wildman–Crippen LogP) is 3.63. The molecule has 1 rings (SSSR count). The van der Waals surface area contributed by atoms with E-state index in [0.717, 1.165) is 24.3 Å². The maximum Gasteiger partial charge on any atom is 0.460 e. The molecule has 0 saturated heterocycles. The first-order valence-corrected chi connectivity index (χ1v) is 6.25. The van der Waals surface area contributed by atoms with Crippen molar-refractivity contribution in [3.8, 4) is 0 Å². The average molecular weight is 361 g/mol. The highest BCUT2D eigenvalue weighted by Crippen LogP contribution is 2.46. The molecule has 0 fully saturated rings. The van der Waals surface area contributed by atoms with Crippen LogP contribution in [0.4, 0.5) is 36.4 Å². The molecule has 0 aliphatic heterocycles. The first-order valence-electron chi connectivity index (χ1n) is 6.25. The number of anilines is 1. The van der Waals surface area contributed by atoms with Crippen molar-refractivity contribution in [2.75, 3.05) is 11.9 Å². The normalized spacial score (nSPS) is 12.7. The molecule has 1 amide bonds. The van der Waals surface area contributed by atoms with Gasteiger partial charge in [-0.15, -0.1) is 0 Å². The molecule has 0 atom stereocenters. The molecule has 0 radical (unpaired) electrons. The van der Waals surface area contributed by atoms with Gasteiger partial charge in [-0.2, -0.15) is 30.7 Å². The zero-order valence-electron chi connectivity index (χ0n) is 11.9. The zero-order chi connectivity index (χ0) is 18.8. The number of carbonyl (C=O) groups is 2. The van der Waals surface area contributed by atoms with E-state index in [1.165, 1.54) is 12.2 Å². The summed E-state index contributed by atoms with van der Waals surface area (Å²) in [5.74, 6) is -16.2. The van der Waals surface area contributed by atoms with E-state index in [9.17, 15) is 40.3 Å². The van der Waals surface area contributed by atoms with E-state index in [1.54, 1.807) is 0 Å². The highest BCUT2D eigenvalue weighted by atomic mass is 19.4. The summed E-state index contributed by atoms with van der Waals surface area (Å²) in [6.07, 6.45) is -6.61. The summed E-state index contributed by atoms with van der Waals surface area (Å²) in [7, 11) is 0. The number of benzene rings is 1. The van der Waals surface area contributed by atoms with Gasteiger partial charge in [-0.25, -0.2) is 4.79 Å². The minimum Gasteiger partial charge on any atom is -0.462 e. The Morgan fingerprint density at radius 2 is 1.50 bits per heavy atom. The Morgan fingerprint density at radius 1 is 1.00 bits per heavy atom. The van der Waals surface area contributed by atoms with Crippen LogP contribution in [0.1, 0.15) is 17.3 Å². The lowest BCUT2D eigenvalue weighted by Crippen LogP contribution is -2.57. The third-order valence-electron chi connectivity index (χ3n) is 2.69. The Morgan fingerprint density at radius 3 is 1.92 bits per heavy atom. The fourth-order valence-electron chi connectivity index (χ4n) is 1.43. The van der Waals surface area contributed by atoms with Crippen molar-refractivity contribution in [2.24, 2.45) is 0 Å². The van der Waals surface area contributed by atoms with Crippen molar-refractivity contribution in [1.29, 1.82) is 0 Å². The molecule has 4 nitrogen and oxygen atoms in total. The summed E-state index contributed by atoms with van der Waals surface area (Å²) in [5.41, 5.74) is -0.548. The van der Waals surface area contributed by atoms with E-state index in [4.69, 9.17) is 0 Å². The third-order valence-corrected chi connectivity index (χ3v) is 2.69. The van der Waals surface area contributed by atoms with E-state index in [-0.39, 0.29) is 12.2 Å². The van der Waals surface area contributed by atoms with E-state index in [1.807, 2.05) is 0 Å². The van der Waals surface area contributed by atoms with Crippen molar-refractivity contribution >= 4 is 17.6 Å². The smallest absolute Gasteiger partial charge is 0.460 e. The lowest BCUT2D eigenvalue weighted by atomic mass is 10.1. The van der Waals surface area contributed by atoms with Gasteiger partial charge in [0.1, 0.15) is 0 Å². The van der Waals surface area contributed by atoms with Crippen LogP contribution in [-0.2, 0) is 9.53 Å². The van der Waals surface area contributed by atoms with Gasteiger partial charge in [-0.05, 0) is 31.2 Å². The Bertz CT molecular complexity index is 611. The quantitative estimate of drug-likeness (QED) is 0.644. The molecule has 24 heavy (non-hydrogen) atoms. The summed E-state index contributed by atoms with van der Waals surface area (Å²) in [5, 5.41) is 1.24. The van der Waals surface area contributed by atoms with Crippen LogP contribution in [0.5, 0.6) is 0 Å². The second-order valence-corrected chi connectivity index (χ2v) is 4.40. The van der Waals surface area contributed by atoms with Gasteiger partial charge in [0.2, 0.25) is 0 Å². The van der Waals surface area contributed by atoms with Crippen LogP contribution in [0.3, 0.4) is 0 Å². The molecule has 0 heterocycles. The van der Waals surface area contributed by atoms with Gasteiger partial charge in [0.15, 0.2) is 0 Å². The lowest BCUT2D eigenvalue weighted by molar-refractivity contribution is -0.343. The second-order valence-electron chi connectivity index (χ2n) is 4.40. The molecule has 1 aromatic carbocycles. The molecule has 11 heteroatoms. The third kappa shape index (κ3) is 3.77. The topological polar surface area (TPSA) is 55.4 Å². The molecule has 0 aromatic heterocycles. The number of nitrogens with one attached hydrogen (secondary N) is 1. The van der Waals surface area contributed by atoms with Crippen molar-refractivity contribution in [1.82, 2.24) is 0 Å². The highest BCUT2D eigenvalue weighted by molar-refractivity contribution is 5.97. The summed E-state index contributed by atoms with van der Waals surface area (Å²) >= 11 is 0. The van der Waals surface area contributed by atoms with Crippen LogP contribution in [0, 0.1) is 0 Å². The van der Waals surface area contributed by atoms with Crippen molar-refractivity contribution in [3.05, 3.63) is 29.8 Å². The first-order chi connectivity index (χ1) is 10.8. The fraction of sp³-hybridized carbons (Fsp3) is 0.385. The number of hydrogen-bond donors (Lipinski definition) is 1. The molecule has 0 aliphatic rings. The molecule has 1 N–H and O–H groups in total. The van der Waals surface area contributed by atoms with Crippen LogP contribution in [0.2, 0.25) is 0 Å². The molecule has 1 aromatic rings. The second kappa shape index (κ2) is 6.65. The van der Waals surface area contributed by atoms with Gasteiger partial charge >= 0.3 is 29.9 Å². The number of alkyl halides is 7. The SMILES string of the molecule is CCOC(=O)c1ccc(NC(=O)C(F)(F)C(F)(F)C(F)(F)F)cc1. The molecule has 0 spiro atoms. The first kappa shape index (κ1) is 19.7. The summed E-state index contributed by atoms with van der Waals surface area (Å²) in [6, 6.07) is 3.75. The summed E-state index contributed by atoms with van der Waals surface area (Å²) in [6.45, 7) is 1.57. The minimum atomic E-state index is -6.61. The standard InChI is InChI=1S/C13H10F7NO3/c1-2-24-9(22)7-3-5-8(6-4-7)21-10(23)11(14,15)12(16,17)13(18,19)20/h3-6H,2H2,1H3,(H,21,23). The Kier molecular flexibility index (Phi) is 5.47. The van der Waals surface area contributed by atoms with Gasteiger partial charge in [-0.1, -0.05) is 0 Å². The largest absolute Gasteiger partial charge is 0.462 e. The number of ether oxygens (including phenoxy) is 1. The lowest BCUT2D eigenvalue weighted by Gasteiger charge is -2.27. The van der Waals surface area contributed by atoms with Crippen molar-refractivity contribution < 1.29 is 45.1 Å².